The van der Waals surface area contributed by atoms with Gasteiger partial charge in [-0.2, -0.15) is 5.10 Å². The van der Waals surface area contributed by atoms with Crippen molar-refractivity contribution in [2.24, 2.45) is 0 Å². The van der Waals surface area contributed by atoms with Crippen LogP contribution in [0.15, 0.2) is 24.7 Å². The van der Waals surface area contributed by atoms with Crippen LogP contribution in [0.25, 0.3) is 17.0 Å². The highest BCUT2D eigenvalue weighted by Gasteiger charge is 2.47. The van der Waals surface area contributed by atoms with E-state index in [0.717, 1.165) is 25.9 Å². The Hall–Kier alpha value is -2.88. The molecule has 3 aromatic heterocycles. The van der Waals surface area contributed by atoms with Gasteiger partial charge >= 0.3 is 0 Å². The summed E-state index contributed by atoms with van der Waals surface area (Å²) in [4.78, 5) is 13.4. The molecule has 2 fully saturated rings. The monoisotopic (exact) mass is 415 g/mol. The van der Waals surface area contributed by atoms with Gasteiger partial charge in [0.2, 0.25) is 5.92 Å². The molecule has 5 rings (SSSR count). The van der Waals surface area contributed by atoms with Crippen LogP contribution >= 0.6 is 0 Å². The van der Waals surface area contributed by atoms with Crippen LogP contribution in [0.3, 0.4) is 0 Å². The third-order valence-corrected chi connectivity index (χ3v) is 5.73. The van der Waals surface area contributed by atoms with Crippen LogP contribution in [0, 0.1) is 0 Å². The van der Waals surface area contributed by atoms with Crippen molar-refractivity contribution in [3.05, 3.63) is 30.4 Å². The minimum absolute atomic E-state index is 0.222. The van der Waals surface area contributed by atoms with E-state index < -0.39 is 5.92 Å². The molecular weight excluding hydrogens is 392 g/mol. The first kappa shape index (κ1) is 19.1. The summed E-state index contributed by atoms with van der Waals surface area (Å²) in [6, 6.07) is 2.03. The number of nitrogens with one attached hydrogen (secondary N) is 2. The second kappa shape index (κ2) is 7.42. The first-order chi connectivity index (χ1) is 14.5. The van der Waals surface area contributed by atoms with Gasteiger partial charge in [0.05, 0.1) is 25.7 Å². The first-order valence-corrected chi connectivity index (χ1v) is 10.1. The topological polar surface area (TPSA) is 89.3 Å². The van der Waals surface area contributed by atoms with E-state index in [4.69, 9.17) is 4.74 Å². The van der Waals surface area contributed by atoms with Crippen LogP contribution in [0.5, 0.6) is 5.75 Å². The van der Waals surface area contributed by atoms with E-state index in [2.05, 4.69) is 30.7 Å². The second-order valence-corrected chi connectivity index (χ2v) is 7.95. The zero-order chi connectivity index (χ0) is 20.7. The molecule has 158 valence electrons. The third-order valence-electron chi connectivity index (χ3n) is 5.73. The first-order valence-electron chi connectivity index (χ1n) is 10.1. The second-order valence-electron chi connectivity index (χ2n) is 7.95. The average molecular weight is 415 g/mol. The highest BCUT2D eigenvalue weighted by Crippen LogP contribution is 2.49. The van der Waals surface area contributed by atoms with E-state index >= 15 is 0 Å². The molecule has 1 atom stereocenters. The Labute approximate surface area is 172 Å². The van der Waals surface area contributed by atoms with Crippen molar-refractivity contribution in [2.45, 2.75) is 43.6 Å². The van der Waals surface area contributed by atoms with Crippen molar-refractivity contribution in [3.63, 3.8) is 0 Å². The largest absolute Gasteiger partial charge is 0.495 e. The fraction of sp³-hybridized carbons (Fsp3) is 0.500. The normalized spacial score (nSPS) is 21.4. The molecular formula is C20H23F2N7O. The highest BCUT2D eigenvalue weighted by molar-refractivity contribution is 5.61. The summed E-state index contributed by atoms with van der Waals surface area (Å²) in [5.74, 6) is -1.81. The molecule has 0 spiro atoms. The minimum atomic E-state index is -2.64. The molecule has 8 nitrogen and oxygen atoms in total. The lowest BCUT2D eigenvalue weighted by molar-refractivity contribution is -0.0881. The predicted octanol–water partition coefficient (Wildman–Crippen LogP) is 2.87. The number of ether oxygens (including phenoxy) is 1. The van der Waals surface area contributed by atoms with Crippen molar-refractivity contribution in [3.8, 4) is 17.1 Å². The fourth-order valence-electron chi connectivity index (χ4n) is 4.13. The molecule has 1 saturated carbocycles. The summed E-state index contributed by atoms with van der Waals surface area (Å²) in [6.07, 6.45) is 6.76. The summed E-state index contributed by atoms with van der Waals surface area (Å²) >= 11 is 0. The Morgan fingerprint density at radius 1 is 1.27 bits per heavy atom. The van der Waals surface area contributed by atoms with Crippen molar-refractivity contribution in [1.82, 2.24) is 29.9 Å². The molecule has 4 heterocycles. The summed E-state index contributed by atoms with van der Waals surface area (Å²) in [5, 5.41) is 11.4. The number of halogens is 2. The van der Waals surface area contributed by atoms with E-state index in [9.17, 15) is 8.78 Å². The fourth-order valence-corrected chi connectivity index (χ4v) is 4.13. The van der Waals surface area contributed by atoms with E-state index in [-0.39, 0.29) is 18.8 Å². The van der Waals surface area contributed by atoms with Gasteiger partial charge in [0, 0.05) is 37.4 Å². The molecule has 1 aliphatic carbocycles. The van der Waals surface area contributed by atoms with Gasteiger partial charge in [-0.1, -0.05) is 0 Å². The summed E-state index contributed by atoms with van der Waals surface area (Å²) in [6.45, 7) is 1.92. The van der Waals surface area contributed by atoms with Gasteiger partial charge in [0.25, 0.3) is 0 Å². The number of alkyl halides is 2. The maximum Gasteiger partial charge on any atom is 0.249 e. The third kappa shape index (κ3) is 3.55. The molecule has 0 amide bonds. The molecule has 0 unspecified atom stereocenters. The Bertz CT molecular complexity index is 1060. The average Bonchev–Trinajstić information content (AvgIpc) is 3.15. The quantitative estimate of drug-likeness (QED) is 0.662. The van der Waals surface area contributed by atoms with Gasteiger partial charge in [-0.05, 0) is 19.4 Å². The van der Waals surface area contributed by atoms with Crippen molar-refractivity contribution in [1.29, 1.82) is 0 Å². The number of anilines is 1. The lowest BCUT2D eigenvalue weighted by Crippen LogP contribution is -2.38. The molecule has 1 aliphatic heterocycles. The highest BCUT2D eigenvalue weighted by atomic mass is 19.3. The van der Waals surface area contributed by atoms with Crippen LogP contribution in [0.4, 0.5) is 14.6 Å². The zero-order valence-electron chi connectivity index (χ0n) is 16.6. The molecule has 10 heteroatoms. The molecule has 1 saturated heterocycles. The number of hydrogen-bond acceptors (Lipinski definition) is 7. The number of nitrogens with zero attached hydrogens (tertiary/aromatic N) is 5. The zero-order valence-corrected chi connectivity index (χ0v) is 16.6. The SMILES string of the molecule is COc1cc2ncc(-c3cncc(N[C@@H]4CCCNC4)n3)n2nc1C1CC(F)(F)C1. The van der Waals surface area contributed by atoms with Gasteiger partial charge < -0.3 is 15.4 Å². The maximum atomic E-state index is 13.4. The Morgan fingerprint density at radius 3 is 2.87 bits per heavy atom. The molecule has 3 aromatic rings. The van der Waals surface area contributed by atoms with Gasteiger partial charge in [0.15, 0.2) is 5.65 Å². The minimum Gasteiger partial charge on any atom is -0.495 e. The van der Waals surface area contributed by atoms with Crippen molar-refractivity contribution >= 4 is 11.5 Å². The Morgan fingerprint density at radius 2 is 2.13 bits per heavy atom. The number of piperidine rings is 1. The number of hydrogen-bond donors (Lipinski definition) is 2. The molecule has 2 aliphatic rings. The van der Waals surface area contributed by atoms with Crippen LogP contribution in [0.2, 0.25) is 0 Å². The smallest absolute Gasteiger partial charge is 0.249 e. The number of aromatic nitrogens is 5. The van der Waals surface area contributed by atoms with E-state index in [1.54, 1.807) is 29.2 Å². The number of methoxy groups -OCH3 is 1. The van der Waals surface area contributed by atoms with Crippen LogP contribution < -0.4 is 15.4 Å². The van der Waals surface area contributed by atoms with E-state index in [0.29, 0.717) is 40.3 Å². The maximum absolute atomic E-state index is 13.4. The Balaban J connectivity index is 1.48. The summed E-state index contributed by atoms with van der Waals surface area (Å²) < 4.78 is 33.9. The van der Waals surface area contributed by atoms with Crippen LogP contribution in [-0.2, 0) is 0 Å². The predicted molar refractivity (Wildman–Crippen MR) is 107 cm³/mol. The summed E-state index contributed by atoms with van der Waals surface area (Å²) in [5.41, 5.74) is 2.34. The molecule has 0 radical (unpaired) electrons. The summed E-state index contributed by atoms with van der Waals surface area (Å²) in [7, 11) is 1.51. The number of rotatable bonds is 5. The number of imidazole rings is 1. The van der Waals surface area contributed by atoms with Crippen LogP contribution in [-0.4, -0.2) is 56.7 Å². The molecule has 0 bridgehead atoms. The van der Waals surface area contributed by atoms with Crippen molar-refractivity contribution < 1.29 is 13.5 Å². The van der Waals surface area contributed by atoms with Gasteiger partial charge in [-0.15, -0.1) is 0 Å². The lowest BCUT2D eigenvalue weighted by atomic mass is 9.79. The number of fused-ring (bicyclic) bond motifs is 1. The molecule has 0 aromatic carbocycles. The van der Waals surface area contributed by atoms with Gasteiger partial charge in [-0.25, -0.2) is 23.3 Å². The van der Waals surface area contributed by atoms with Gasteiger partial charge in [0.1, 0.15) is 28.6 Å². The lowest BCUT2D eigenvalue weighted by Gasteiger charge is -2.34. The molecule has 2 N–H and O–H groups in total. The van der Waals surface area contributed by atoms with Crippen molar-refractivity contribution in [2.75, 3.05) is 25.5 Å². The Kier molecular flexibility index (Phi) is 4.73. The van der Waals surface area contributed by atoms with Gasteiger partial charge in [-0.3, -0.25) is 4.98 Å². The molecule has 30 heavy (non-hydrogen) atoms. The standard InChI is InChI=1S/C20H23F2N7O/c1-30-16-5-18-25-10-15(29(18)28-19(16)12-6-20(21,22)7-12)14-9-24-11-17(27-14)26-13-3-2-4-23-8-13/h5,9-13,23H,2-4,6-8H2,1H3,(H,26,27)/t13-/m1/s1. The van der Waals surface area contributed by atoms with Crippen LogP contribution in [0.1, 0.15) is 37.3 Å². The van der Waals surface area contributed by atoms with E-state index in [1.807, 2.05) is 0 Å². The van der Waals surface area contributed by atoms with E-state index in [1.165, 1.54) is 7.11 Å².